The van der Waals surface area contributed by atoms with Crippen LogP contribution < -0.4 is 4.74 Å². The van der Waals surface area contributed by atoms with Gasteiger partial charge in [0.25, 0.3) is 5.91 Å². The van der Waals surface area contributed by atoms with E-state index in [1.54, 1.807) is 37.3 Å². The fraction of sp³-hybridized carbons (Fsp3) is 0.312. The second-order valence-electron chi connectivity index (χ2n) is 4.86. The smallest absolute Gasteiger partial charge is 0.263 e. The molecule has 0 spiro atoms. The minimum absolute atomic E-state index is 0.203. The average molecular weight is 291 g/mol. The third-order valence-corrected chi connectivity index (χ3v) is 3.34. The maximum atomic E-state index is 13.1. The van der Waals surface area contributed by atoms with Crippen LogP contribution in [0, 0.1) is 5.82 Å². The lowest BCUT2D eigenvalue weighted by Gasteiger charge is -2.26. The molecule has 1 amide bonds. The molecule has 2 rings (SSSR count). The highest BCUT2D eigenvalue weighted by Crippen LogP contribution is 2.21. The molecule has 0 aliphatic heterocycles. The molecule has 21 heavy (non-hydrogen) atoms. The Kier molecular flexibility index (Phi) is 4.62. The first-order chi connectivity index (χ1) is 9.99. The lowest BCUT2D eigenvalue weighted by atomic mass is 10.2. The number of amides is 1. The van der Waals surface area contributed by atoms with Gasteiger partial charge in [-0.05, 0) is 38.1 Å². The molecule has 0 aliphatic carbocycles. The Morgan fingerprint density at radius 1 is 1.29 bits per heavy atom. The highest BCUT2D eigenvalue weighted by atomic mass is 19.1. The number of hydrogen-bond donors (Lipinski definition) is 0. The Morgan fingerprint density at radius 3 is 2.67 bits per heavy atom. The Labute approximate surface area is 123 Å². The normalized spacial score (nSPS) is 13.5. The molecule has 2 unspecified atom stereocenters. The summed E-state index contributed by atoms with van der Waals surface area (Å²) in [6.07, 6.45) is 0.853. The number of carbonyl (C=O) groups excluding carboxylic acids is 1. The van der Waals surface area contributed by atoms with Crippen molar-refractivity contribution < 1.29 is 18.3 Å². The number of ether oxygens (including phenoxy) is 1. The van der Waals surface area contributed by atoms with Gasteiger partial charge >= 0.3 is 0 Å². The third kappa shape index (κ3) is 3.62. The Hall–Kier alpha value is -2.30. The van der Waals surface area contributed by atoms with Gasteiger partial charge in [0.1, 0.15) is 17.3 Å². The van der Waals surface area contributed by atoms with Crippen molar-refractivity contribution in [2.24, 2.45) is 0 Å². The molecule has 0 bridgehead atoms. The van der Waals surface area contributed by atoms with E-state index in [9.17, 15) is 9.18 Å². The van der Waals surface area contributed by atoms with Gasteiger partial charge in [-0.15, -0.1) is 0 Å². The van der Waals surface area contributed by atoms with Crippen LogP contribution in [0.25, 0.3) is 0 Å². The minimum Gasteiger partial charge on any atom is -0.481 e. The van der Waals surface area contributed by atoms with E-state index in [1.807, 2.05) is 13.0 Å². The number of furan rings is 1. The van der Waals surface area contributed by atoms with E-state index in [1.165, 1.54) is 18.2 Å². The van der Waals surface area contributed by atoms with Gasteiger partial charge in [0.2, 0.25) is 0 Å². The van der Waals surface area contributed by atoms with E-state index in [0.29, 0.717) is 11.5 Å². The van der Waals surface area contributed by atoms with Gasteiger partial charge in [0.05, 0.1) is 12.3 Å². The predicted molar refractivity (Wildman–Crippen MR) is 76.4 cm³/mol. The van der Waals surface area contributed by atoms with Crippen LogP contribution in [0.1, 0.15) is 25.6 Å². The van der Waals surface area contributed by atoms with Crippen molar-refractivity contribution in [3.8, 4) is 5.75 Å². The predicted octanol–water partition coefficient (Wildman–Crippen LogP) is 3.41. The molecule has 0 saturated carbocycles. The quantitative estimate of drug-likeness (QED) is 0.848. The van der Waals surface area contributed by atoms with Gasteiger partial charge < -0.3 is 14.1 Å². The van der Waals surface area contributed by atoms with Gasteiger partial charge in [-0.2, -0.15) is 0 Å². The molecule has 0 N–H and O–H groups in total. The van der Waals surface area contributed by atoms with Crippen LogP contribution in [-0.2, 0) is 4.79 Å². The molecule has 1 aromatic carbocycles. The number of benzene rings is 1. The number of hydrogen-bond acceptors (Lipinski definition) is 3. The maximum Gasteiger partial charge on any atom is 0.263 e. The van der Waals surface area contributed by atoms with E-state index in [2.05, 4.69) is 0 Å². The Morgan fingerprint density at radius 2 is 2.05 bits per heavy atom. The molecular formula is C16H18FNO3. The van der Waals surface area contributed by atoms with Gasteiger partial charge in [-0.1, -0.05) is 6.07 Å². The average Bonchev–Trinajstić information content (AvgIpc) is 2.99. The topological polar surface area (TPSA) is 42.7 Å². The van der Waals surface area contributed by atoms with Crippen molar-refractivity contribution in [1.82, 2.24) is 4.90 Å². The van der Waals surface area contributed by atoms with Crippen molar-refractivity contribution in [1.29, 1.82) is 0 Å². The second-order valence-corrected chi connectivity index (χ2v) is 4.86. The van der Waals surface area contributed by atoms with E-state index < -0.39 is 11.9 Å². The van der Waals surface area contributed by atoms with E-state index in [-0.39, 0.29) is 11.9 Å². The molecule has 0 fully saturated rings. The lowest BCUT2D eigenvalue weighted by Crippen LogP contribution is -2.39. The van der Waals surface area contributed by atoms with E-state index in [4.69, 9.17) is 9.15 Å². The number of halogens is 1. The number of rotatable bonds is 5. The summed E-state index contributed by atoms with van der Waals surface area (Å²) in [5.41, 5.74) is 0. The van der Waals surface area contributed by atoms with Crippen molar-refractivity contribution in [3.05, 3.63) is 54.2 Å². The molecule has 2 atom stereocenters. The van der Waals surface area contributed by atoms with Gasteiger partial charge in [0.15, 0.2) is 6.10 Å². The molecule has 0 saturated heterocycles. The van der Waals surface area contributed by atoms with Crippen LogP contribution in [0.5, 0.6) is 5.75 Å². The fourth-order valence-corrected chi connectivity index (χ4v) is 1.99. The lowest BCUT2D eigenvalue weighted by molar-refractivity contribution is -0.138. The zero-order valence-corrected chi connectivity index (χ0v) is 12.2. The standard InChI is InChI=1S/C16H18FNO3/c1-11(15-8-5-9-20-15)18(3)16(19)12(2)21-14-7-4-6-13(17)10-14/h4-12H,1-3H3. The van der Waals surface area contributed by atoms with Crippen LogP contribution in [-0.4, -0.2) is 24.0 Å². The largest absolute Gasteiger partial charge is 0.481 e. The molecule has 5 heteroatoms. The molecule has 1 aromatic heterocycles. The van der Waals surface area contributed by atoms with Crippen LogP contribution in [0.4, 0.5) is 4.39 Å². The first-order valence-corrected chi connectivity index (χ1v) is 6.71. The summed E-state index contributed by atoms with van der Waals surface area (Å²) < 4.78 is 23.9. The first-order valence-electron chi connectivity index (χ1n) is 6.71. The van der Waals surface area contributed by atoms with Gasteiger partial charge in [-0.25, -0.2) is 4.39 Å². The second kappa shape index (κ2) is 6.43. The van der Waals surface area contributed by atoms with Crippen molar-refractivity contribution in [3.63, 3.8) is 0 Å². The maximum absolute atomic E-state index is 13.1. The van der Waals surface area contributed by atoms with Crippen molar-refractivity contribution >= 4 is 5.91 Å². The van der Waals surface area contributed by atoms with E-state index >= 15 is 0 Å². The monoisotopic (exact) mass is 291 g/mol. The van der Waals surface area contributed by atoms with Crippen LogP contribution in [0.2, 0.25) is 0 Å². The highest BCUT2D eigenvalue weighted by molar-refractivity contribution is 5.81. The molecule has 4 nitrogen and oxygen atoms in total. The Bertz CT molecular complexity index is 597. The van der Waals surface area contributed by atoms with Crippen LogP contribution in [0.15, 0.2) is 47.1 Å². The summed E-state index contributed by atoms with van der Waals surface area (Å²) in [5, 5.41) is 0. The number of nitrogens with zero attached hydrogens (tertiary/aromatic N) is 1. The van der Waals surface area contributed by atoms with Crippen LogP contribution in [0.3, 0.4) is 0 Å². The van der Waals surface area contributed by atoms with Crippen molar-refractivity contribution in [2.75, 3.05) is 7.05 Å². The highest BCUT2D eigenvalue weighted by Gasteiger charge is 2.25. The Balaban J connectivity index is 2.01. The molecule has 1 heterocycles. The number of carbonyl (C=O) groups is 1. The number of likely N-dealkylation sites (N-methyl/N-ethyl adjacent to an activating group) is 1. The van der Waals surface area contributed by atoms with Gasteiger partial charge in [0, 0.05) is 13.1 Å². The molecule has 112 valence electrons. The molecular weight excluding hydrogens is 273 g/mol. The summed E-state index contributed by atoms with van der Waals surface area (Å²) in [4.78, 5) is 13.9. The third-order valence-electron chi connectivity index (χ3n) is 3.34. The molecule has 0 aliphatic rings. The summed E-state index contributed by atoms with van der Waals surface area (Å²) in [6, 6.07) is 9.11. The molecule has 0 radical (unpaired) electrons. The van der Waals surface area contributed by atoms with E-state index in [0.717, 1.165) is 0 Å². The minimum atomic E-state index is -0.714. The molecule has 2 aromatic rings. The summed E-state index contributed by atoms with van der Waals surface area (Å²) >= 11 is 0. The first kappa shape index (κ1) is 15.1. The van der Waals surface area contributed by atoms with Crippen molar-refractivity contribution in [2.45, 2.75) is 26.0 Å². The van der Waals surface area contributed by atoms with Gasteiger partial charge in [-0.3, -0.25) is 4.79 Å². The zero-order valence-electron chi connectivity index (χ0n) is 12.2. The summed E-state index contributed by atoms with van der Waals surface area (Å²) in [6.45, 7) is 3.50. The van der Waals surface area contributed by atoms with Crippen LogP contribution >= 0.6 is 0 Å². The summed E-state index contributed by atoms with van der Waals surface area (Å²) in [5.74, 6) is 0.423. The summed E-state index contributed by atoms with van der Waals surface area (Å²) in [7, 11) is 1.68. The SMILES string of the molecule is CC(Oc1cccc(F)c1)C(=O)N(C)C(C)c1ccco1. The zero-order chi connectivity index (χ0) is 15.4. The fourth-order valence-electron chi connectivity index (χ4n) is 1.99.